The van der Waals surface area contributed by atoms with Crippen molar-refractivity contribution in [1.29, 1.82) is 0 Å². The minimum absolute atomic E-state index is 0.124. The van der Waals surface area contributed by atoms with Crippen LogP contribution in [0.15, 0.2) is 23.4 Å². The van der Waals surface area contributed by atoms with Crippen LogP contribution in [0.25, 0.3) is 0 Å². The first-order chi connectivity index (χ1) is 11.0. The Morgan fingerprint density at radius 3 is 2.65 bits per heavy atom. The van der Waals surface area contributed by atoms with E-state index in [1.54, 1.807) is 12.1 Å². The summed E-state index contributed by atoms with van der Waals surface area (Å²) in [4.78, 5) is 16.5. The molecule has 1 heterocycles. The number of aromatic nitrogens is 3. The van der Waals surface area contributed by atoms with Crippen molar-refractivity contribution >= 4 is 35.0 Å². The van der Waals surface area contributed by atoms with Crippen molar-refractivity contribution in [1.82, 2.24) is 15.2 Å². The topological polar surface area (TPSA) is 67.8 Å². The Morgan fingerprint density at radius 2 is 1.96 bits per heavy atom. The lowest BCUT2D eigenvalue weighted by molar-refractivity contribution is -0.113. The molecule has 122 valence electrons. The van der Waals surface area contributed by atoms with Crippen LogP contribution >= 0.6 is 23.4 Å². The summed E-state index contributed by atoms with van der Waals surface area (Å²) >= 11 is 7.23. The van der Waals surface area contributed by atoms with Crippen molar-refractivity contribution in [3.63, 3.8) is 0 Å². The number of nitrogens with one attached hydrogen (secondary N) is 1. The van der Waals surface area contributed by atoms with Gasteiger partial charge >= 0.3 is 0 Å². The maximum Gasteiger partial charge on any atom is 0.234 e. The lowest BCUT2D eigenvalue weighted by Crippen LogP contribution is -2.15. The van der Waals surface area contributed by atoms with Gasteiger partial charge in [0.05, 0.1) is 17.1 Å². The van der Waals surface area contributed by atoms with Crippen molar-refractivity contribution in [2.75, 3.05) is 11.1 Å². The predicted molar refractivity (Wildman–Crippen MR) is 94.1 cm³/mol. The predicted octanol–water partition coefficient (Wildman–Crippen LogP) is 3.69. The summed E-state index contributed by atoms with van der Waals surface area (Å²) in [5, 5.41) is 12.2. The van der Waals surface area contributed by atoms with Crippen molar-refractivity contribution in [3.8, 4) is 0 Å². The summed E-state index contributed by atoms with van der Waals surface area (Å²) in [6.07, 6.45) is 1.61. The number of amides is 1. The second-order valence-corrected chi connectivity index (χ2v) is 6.37. The molecule has 0 aliphatic heterocycles. The number of carbonyl (C=O) groups excluding carboxylic acids is 1. The minimum atomic E-state index is -0.124. The van der Waals surface area contributed by atoms with Crippen LogP contribution in [0.5, 0.6) is 0 Å². The normalized spacial score (nSPS) is 10.6. The number of benzene rings is 1. The summed E-state index contributed by atoms with van der Waals surface area (Å²) in [7, 11) is 0. The molecule has 1 aromatic heterocycles. The average Bonchev–Trinajstić information content (AvgIpc) is 2.56. The van der Waals surface area contributed by atoms with Crippen LogP contribution in [0.1, 0.15) is 30.8 Å². The van der Waals surface area contributed by atoms with E-state index in [9.17, 15) is 4.79 Å². The Kier molecular flexibility index (Phi) is 6.36. The lowest BCUT2D eigenvalue weighted by atomic mass is 10.2. The molecule has 2 aromatic rings. The first-order valence-corrected chi connectivity index (χ1v) is 8.81. The van der Waals surface area contributed by atoms with Crippen molar-refractivity contribution in [3.05, 3.63) is 40.2 Å². The van der Waals surface area contributed by atoms with Gasteiger partial charge in [-0.15, -0.1) is 5.10 Å². The highest BCUT2D eigenvalue weighted by Crippen LogP contribution is 2.21. The molecule has 0 aliphatic rings. The smallest absolute Gasteiger partial charge is 0.234 e. The maximum atomic E-state index is 12.1. The van der Waals surface area contributed by atoms with Crippen molar-refractivity contribution in [2.45, 2.75) is 38.8 Å². The van der Waals surface area contributed by atoms with E-state index in [0.717, 1.165) is 35.5 Å². The van der Waals surface area contributed by atoms with E-state index < -0.39 is 0 Å². The molecule has 2 rings (SSSR count). The molecular formula is C16H19ClN4OS. The second-order valence-electron chi connectivity index (χ2n) is 4.99. The van der Waals surface area contributed by atoms with E-state index in [0.29, 0.717) is 10.2 Å². The molecule has 1 N–H and O–H groups in total. The Balaban J connectivity index is 1.98. The molecule has 0 saturated heterocycles. The largest absolute Gasteiger partial charge is 0.325 e. The highest BCUT2D eigenvalue weighted by Gasteiger charge is 2.10. The fraction of sp³-hybridized carbons (Fsp3) is 0.375. The number of thioether (sulfide) groups is 1. The minimum Gasteiger partial charge on any atom is -0.325 e. The van der Waals surface area contributed by atoms with Crippen LogP contribution in [0.2, 0.25) is 5.02 Å². The monoisotopic (exact) mass is 350 g/mol. The van der Waals surface area contributed by atoms with E-state index in [1.807, 2.05) is 26.8 Å². The molecule has 0 fully saturated rings. The van der Waals surface area contributed by atoms with Crippen LogP contribution in [-0.2, 0) is 17.6 Å². The highest BCUT2D eigenvalue weighted by atomic mass is 35.5. The van der Waals surface area contributed by atoms with E-state index >= 15 is 0 Å². The summed E-state index contributed by atoms with van der Waals surface area (Å²) in [6.45, 7) is 5.98. The highest BCUT2D eigenvalue weighted by molar-refractivity contribution is 7.99. The first-order valence-electron chi connectivity index (χ1n) is 7.44. The van der Waals surface area contributed by atoms with E-state index in [4.69, 9.17) is 11.6 Å². The molecule has 1 aromatic carbocycles. The summed E-state index contributed by atoms with van der Waals surface area (Å²) in [6, 6.07) is 5.40. The number of aryl methyl sites for hydroxylation is 3. The molecule has 23 heavy (non-hydrogen) atoms. The number of rotatable bonds is 6. The van der Waals surface area contributed by atoms with Crippen LogP contribution in [0.3, 0.4) is 0 Å². The van der Waals surface area contributed by atoms with Gasteiger partial charge in [0.15, 0.2) is 0 Å². The fourth-order valence-electron chi connectivity index (χ4n) is 2.03. The first kappa shape index (κ1) is 17.7. The summed E-state index contributed by atoms with van der Waals surface area (Å²) < 4.78 is 0. The van der Waals surface area contributed by atoms with Gasteiger partial charge in [-0.25, -0.2) is 4.98 Å². The van der Waals surface area contributed by atoms with E-state index in [2.05, 4.69) is 20.5 Å². The molecule has 0 unspecified atom stereocenters. The Labute approximate surface area is 145 Å². The average molecular weight is 351 g/mol. The number of anilines is 1. The van der Waals surface area contributed by atoms with Crippen LogP contribution in [-0.4, -0.2) is 26.8 Å². The third-order valence-corrected chi connectivity index (χ3v) is 4.37. The van der Waals surface area contributed by atoms with E-state index in [1.165, 1.54) is 11.8 Å². The Morgan fingerprint density at radius 1 is 1.22 bits per heavy atom. The Bertz CT molecular complexity index is 708. The van der Waals surface area contributed by atoms with Gasteiger partial charge < -0.3 is 5.32 Å². The third-order valence-electron chi connectivity index (χ3n) is 3.30. The molecule has 0 atom stereocenters. The van der Waals surface area contributed by atoms with Crippen LogP contribution < -0.4 is 5.32 Å². The Hall–Kier alpha value is -1.66. The standard InChI is InChI=1S/C16H19ClN4OS/c1-4-12-13(5-2)20-21-16(19-12)23-9-15(22)18-14-8-11(17)7-6-10(14)3/h6-8H,4-5,9H2,1-3H3,(H,18,22). The molecule has 0 spiro atoms. The van der Waals surface area contributed by atoms with Gasteiger partial charge in [0.1, 0.15) is 0 Å². The molecule has 0 bridgehead atoms. The van der Waals surface area contributed by atoms with Gasteiger partial charge in [-0.1, -0.05) is 43.3 Å². The quantitative estimate of drug-likeness (QED) is 0.805. The number of hydrogen-bond donors (Lipinski definition) is 1. The fourth-order valence-corrected chi connectivity index (χ4v) is 2.81. The molecule has 1 amide bonds. The molecular weight excluding hydrogens is 332 g/mol. The molecule has 5 nitrogen and oxygen atoms in total. The van der Waals surface area contributed by atoms with Gasteiger partial charge in [-0.05, 0) is 37.5 Å². The maximum absolute atomic E-state index is 12.1. The second kappa shape index (κ2) is 8.26. The molecule has 7 heteroatoms. The van der Waals surface area contributed by atoms with Gasteiger partial charge in [0.25, 0.3) is 0 Å². The van der Waals surface area contributed by atoms with E-state index in [-0.39, 0.29) is 11.7 Å². The number of carbonyl (C=O) groups is 1. The number of nitrogens with zero attached hydrogens (tertiary/aromatic N) is 3. The molecule has 0 aliphatic carbocycles. The molecule has 0 radical (unpaired) electrons. The zero-order chi connectivity index (χ0) is 16.8. The molecule has 0 saturated carbocycles. The third kappa shape index (κ3) is 4.91. The number of halogens is 1. The van der Waals surface area contributed by atoms with Crippen molar-refractivity contribution in [2.24, 2.45) is 0 Å². The summed E-state index contributed by atoms with van der Waals surface area (Å²) in [5.74, 6) is 0.101. The van der Waals surface area contributed by atoms with Crippen molar-refractivity contribution < 1.29 is 4.79 Å². The van der Waals surface area contributed by atoms with Gasteiger partial charge in [-0.2, -0.15) is 5.10 Å². The van der Waals surface area contributed by atoms with Crippen LogP contribution in [0, 0.1) is 6.92 Å². The van der Waals surface area contributed by atoms with Gasteiger partial charge in [0.2, 0.25) is 11.1 Å². The zero-order valence-corrected chi connectivity index (χ0v) is 15.0. The summed E-state index contributed by atoms with van der Waals surface area (Å²) in [5.41, 5.74) is 3.54. The van der Waals surface area contributed by atoms with Gasteiger partial charge in [0, 0.05) is 10.7 Å². The van der Waals surface area contributed by atoms with Crippen LogP contribution in [0.4, 0.5) is 5.69 Å². The number of hydrogen-bond acceptors (Lipinski definition) is 5. The lowest BCUT2D eigenvalue weighted by Gasteiger charge is -2.09. The zero-order valence-electron chi connectivity index (χ0n) is 13.4. The SMILES string of the molecule is CCc1nnc(SCC(=O)Nc2cc(Cl)ccc2C)nc1CC. The van der Waals surface area contributed by atoms with Gasteiger partial charge in [-0.3, -0.25) is 4.79 Å².